The number of rotatable bonds is 7. The largest absolute Gasteiger partial charge is 0.395 e. The molecule has 1 unspecified atom stereocenters. The Kier molecular flexibility index (Phi) is 7.11. The predicted molar refractivity (Wildman–Crippen MR) is 149 cm³/mol. The van der Waals surface area contributed by atoms with E-state index in [9.17, 15) is 9.90 Å². The van der Waals surface area contributed by atoms with Crippen LogP contribution < -0.4 is 15.5 Å². The van der Waals surface area contributed by atoms with Crippen molar-refractivity contribution in [2.24, 2.45) is 0 Å². The second kappa shape index (κ2) is 10.8. The van der Waals surface area contributed by atoms with Crippen LogP contribution in [-0.2, 0) is 4.79 Å². The number of nitrogens with one attached hydrogen (secondary N) is 2. The standard InChI is InChI=1S/C29H30N6O2/c1-3-27(37)31-23-8-4-6-20(16-23)26-9-5-7-21-17-30-29(33-28(21)26)32-22-10-12-24(13-11-22)35-15-14-34(2)25(18-35)19-36/h3-13,16-17,25,36H,1,14-15,18-19H2,2H3,(H,31,37)(H,30,32,33). The molecule has 2 heterocycles. The third-order valence-corrected chi connectivity index (χ3v) is 6.71. The molecule has 1 atom stereocenters. The fourth-order valence-electron chi connectivity index (χ4n) is 4.57. The van der Waals surface area contributed by atoms with Gasteiger partial charge in [-0.2, -0.15) is 0 Å². The Balaban J connectivity index is 1.37. The summed E-state index contributed by atoms with van der Waals surface area (Å²) in [4.78, 5) is 25.6. The van der Waals surface area contributed by atoms with Crippen LogP contribution in [0, 0.1) is 0 Å². The summed E-state index contributed by atoms with van der Waals surface area (Å²) in [6.45, 7) is 6.31. The SMILES string of the molecule is C=CC(=O)Nc1cccc(-c2cccc3cnc(Nc4ccc(N5CCN(C)C(CO)C5)cc4)nc23)c1. The minimum atomic E-state index is -0.254. The van der Waals surface area contributed by atoms with E-state index in [1.54, 1.807) is 0 Å². The van der Waals surface area contributed by atoms with Gasteiger partial charge in [0.05, 0.1) is 18.2 Å². The number of fused-ring (bicyclic) bond motifs is 1. The lowest BCUT2D eigenvalue weighted by Crippen LogP contribution is -2.53. The van der Waals surface area contributed by atoms with Gasteiger partial charge in [-0.05, 0) is 55.1 Å². The van der Waals surface area contributed by atoms with Gasteiger partial charge in [-0.1, -0.05) is 36.9 Å². The highest BCUT2D eigenvalue weighted by Crippen LogP contribution is 2.30. The van der Waals surface area contributed by atoms with Crippen molar-refractivity contribution in [1.29, 1.82) is 0 Å². The Bertz CT molecular complexity index is 1420. The average Bonchev–Trinajstić information content (AvgIpc) is 2.93. The molecule has 8 heteroatoms. The molecule has 3 N–H and O–H groups in total. The topological polar surface area (TPSA) is 93.6 Å². The molecule has 0 bridgehead atoms. The lowest BCUT2D eigenvalue weighted by Gasteiger charge is -2.39. The van der Waals surface area contributed by atoms with E-state index >= 15 is 0 Å². The molecular formula is C29H30N6O2. The van der Waals surface area contributed by atoms with E-state index in [0.717, 1.165) is 53.0 Å². The summed E-state index contributed by atoms with van der Waals surface area (Å²) in [6.07, 6.45) is 3.06. The van der Waals surface area contributed by atoms with Crippen LogP contribution in [0.3, 0.4) is 0 Å². The molecule has 188 valence electrons. The maximum atomic E-state index is 11.7. The summed E-state index contributed by atoms with van der Waals surface area (Å²) in [6, 6.07) is 22.0. The first-order chi connectivity index (χ1) is 18.0. The molecule has 1 aromatic heterocycles. The van der Waals surface area contributed by atoms with Crippen molar-refractivity contribution in [3.05, 3.63) is 85.6 Å². The maximum Gasteiger partial charge on any atom is 0.247 e. The number of aliphatic hydroxyl groups is 1. The van der Waals surface area contributed by atoms with Crippen molar-refractivity contribution in [1.82, 2.24) is 14.9 Å². The molecule has 8 nitrogen and oxygen atoms in total. The van der Waals surface area contributed by atoms with Crippen LogP contribution in [0.1, 0.15) is 0 Å². The van der Waals surface area contributed by atoms with Gasteiger partial charge >= 0.3 is 0 Å². The summed E-state index contributed by atoms with van der Waals surface area (Å²) < 4.78 is 0. The predicted octanol–water partition coefficient (Wildman–Crippen LogP) is 4.28. The van der Waals surface area contributed by atoms with Gasteiger partial charge in [0, 0.05) is 53.8 Å². The van der Waals surface area contributed by atoms with Crippen molar-refractivity contribution in [2.75, 3.05) is 48.8 Å². The summed E-state index contributed by atoms with van der Waals surface area (Å²) in [5.74, 6) is 0.250. The van der Waals surface area contributed by atoms with Gasteiger partial charge in [0.1, 0.15) is 0 Å². The number of amides is 1. The van der Waals surface area contributed by atoms with Crippen LogP contribution in [0.2, 0.25) is 0 Å². The van der Waals surface area contributed by atoms with E-state index in [1.807, 2.05) is 60.8 Å². The number of piperazine rings is 1. The molecule has 1 amide bonds. The molecule has 1 saturated heterocycles. The number of aliphatic hydroxyl groups excluding tert-OH is 1. The number of carbonyl (C=O) groups is 1. The van der Waals surface area contributed by atoms with Crippen molar-refractivity contribution in [3.63, 3.8) is 0 Å². The van der Waals surface area contributed by atoms with Crippen LogP contribution >= 0.6 is 0 Å². The molecule has 1 fully saturated rings. The van der Waals surface area contributed by atoms with E-state index in [2.05, 4.69) is 51.2 Å². The lowest BCUT2D eigenvalue weighted by molar-refractivity contribution is -0.111. The summed E-state index contributed by atoms with van der Waals surface area (Å²) in [5.41, 5.74) is 5.41. The fourth-order valence-corrected chi connectivity index (χ4v) is 4.57. The number of carbonyl (C=O) groups excluding carboxylic acids is 1. The Morgan fingerprint density at radius 1 is 1.11 bits per heavy atom. The molecule has 1 aliphatic rings. The summed E-state index contributed by atoms with van der Waals surface area (Å²) in [7, 11) is 2.05. The first kappa shape index (κ1) is 24.4. The van der Waals surface area contributed by atoms with Crippen LogP contribution in [0.5, 0.6) is 0 Å². The van der Waals surface area contributed by atoms with E-state index in [4.69, 9.17) is 4.98 Å². The Morgan fingerprint density at radius 2 is 1.92 bits per heavy atom. The van der Waals surface area contributed by atoms with Gasteiger partial charge in [-0.15, -0.1) is 0 Å². The molecule has 0 aliphatic carbocycles. The third-order valence-electron chi connectivity index (χ3n) is 6.71. The lowest BCUT2D eigenvalue weighted by atomic mass is 10.0. The highest BCUT2D eigenvalue weighted by molar-refractivity contribution is 6.00. The third kappa shape index (κ3) is 5.45. The first-order valence-corrected chi connectivity index (χ1v) is 12.3. The molecule has 37 heavy (non-hydrogen) atoms. The zero-order valence-electron chi connectivity index (χ0n) is 20.8. The van der Waals surface area contributed by atoms with Gasteiger partial charge in [0.2, 0.25) is 11.9 Å². The monoisotopic (exact) mass is 494 g/mol. The number of para-hydroxylation sites is 1. The van der Waals surface area contributed by atoms with Crippen LogP contribution in [0.4, 0.5) is 23.0 Å². The molecular weight excluding hydrogens is 464 g/mol. The minimum Gasteiger partial charge on any atom is -0.395 e. The van der Waals surface area contributed by atoms with Gasteiger partial charge in [-0.3, -0.25) is 9.69 Å². The van der Waals surface area contributed by atoms with E-state index in [-0.39, 0.29) is 18.6 Å². The number of nitrogens with zero attached hydrogens (tertiary/aromatic N) is 4. The smallest absolute Gasteiger partial charge is 0.247 e. The molecule has 0 radical (unpaired) electrons. The highest BCUT2D eigenvalue weighted by atomic mass is 16.3. The van der Waals surface area contributed by atoms with Crippen molar-refractivity contribution in [3.8, 4) is 11.1 Å². The quantitative estimate of drug-likeness (QED) is 0.330. The fraction of sp³-hybridized carbons (Fsp3) is 0.207. The molecule has 0 spiro atoms. The first-order valence-electron chi connectivity index (χ1n) is 12.3. The molecule has 5 rings (SSSR count). The second-order valence-corrected chi connectivity index (χ2v) is 9.15. The highest BCUT2D eigenvalue weighted by Gasteiger charge is 2.23. The average molecular weight is 495 g/mol. The number of hydrogen-bond donors (Lipinski definition) is 3. The second-order valence-electron chi connectivity index (χ2n) is 9.15. The zero-order valence-corrected chi connectivity index (χ0v) is 20.8. The number of anilines is 4. The van der Waals surface area contributed by atoms with E-state index in [0.29, 0.717) is 11.6 Å². The van der Waals surface area contributed by atoms with Gasteiger partial charge < -0.3 is 20.6 Å². The van der Waals surface area contributed by atoms with Crippen molar-refractivity contribution >= 4 is 39.8 Å². The maximum absolute atomic E-state index is 11.7. The Labute approximate surface area is 216 Å². The molecule has 0 saturated carbocycles. The normalized spacial score (nSPS) is 15.9. The van der Waals surface area contributed by atoms with Crippen LogP contribution in [0.25, 0.3) is 22.0 Å². The van der Waals surface area contributed by atoms with Gasteiger partial charge in [0.15, 0.2) is 0 Å². The number of hydrogen-bond acceptors (Lipinski definition) is 7. The van der Waals surface area contributed by atoms with Crippen LogP contribution in [-0.4, -0.2) is 65.2 Å². The molecule has 3 aromatic carbocycles. The molecule has 1 aliphatic heterocycles. The van der Waals surface area contributed by atoms with E-state index in [1.165, 1.54) is 6.08 Å². The Hall–Kier alpha value is -4.27. The number of likely N-dealkylation sites (N-methyl/N-ethyl adjacent to an activating group) is 1. The number of aromatic nitrogens is 2. The van der Waals surface area contributed by atoms with Gasteiger partial charge in [0.25, 0.3) is 0 Å². The van der Waals surface area contributed by atoms with Crippen molar-refractivity contribution in [2.45, 2.75) is 6.04 Å². The Morgan fingerprint density at radius 3 is 2.70 bits per heavy atom. The number of benzene rings is 3. The van der Waals surface area contributed by atoms with E-state index < -0.39 is 0 Å². The zero-order chi connectivity index (χ0) is 25.8. The summed E-state index contributed by atoms with van der Waals surface area (Å²) in [5, 5.41) is 16.7. The van der Waals surface area contributed by atoms with Gasteiger partial charge in [-0.25, -0.2) is 9.97 Å². The van der Waals surface area contributed by atoms with Crippen molar-refractivity contribution < 1.29 is 9.90 Å². The minimum absolute atomic E-state index is 0.144. The van der Waals surface area contributed by atoms with Crippen LogP contribution in [0.15, 0.2) is 85.6 Å². The summed E-state index contributed by atoms with van der Waals surface area (Å²) >= 11 is 0. The molecule has 4 aromatic rings.